The SMILES string of the molecule is CC1=[C-]C(C)C(C)=C1C.Cc1cc(O)cc([Si](C)(C)C)c1.[Cl-].[Cl-].[Ti+]=[C](c1ccccc1)c1ccccc1. The van der Waals surface area contributed by atoms with E-state index in [1.165, 1.54) is 36.8 Å². The first kappa shape index (κ1) is 35.3. The molecule has 3 aromatic carbocycles. The third-order valence-corrected chi connectivity index (χ3v) is 9.21. The van der Waals surface area contributed by atoms with Gasteiger partial charge in [-0.15, -0.1) is 6.92 Å². The Bertz CT molecular complexity index is 1130. The predicted octanol–water partition coefficient (Wildman–Crippen LogP) is 1.78. The zero-order valence-electron chi connectivity index (χ0n) is 23.3. The van der Waals surface area contributed by atoms with E-state index in [-0.39, 0.29) is 24.8 Å². The van der Waals surface area contributed by atoms with Crippen LogP contribution in [0.4, 0.5) is 0 Å². The number of aryl methyl sites for hydroxylation is 1. The predicted molar refractivity (Wildman–Crippen MR) is 152 cm³/mol. The van der Waals surface area contributed by atoms with Gasteiger partial charge in [-0.2, -0.15) is 11.1 Å². The van der Waals surface area contributed by atoms with Gasteiger partial charge in [-0.3, -0.25) is 6.08 Å². The maximum atomic E-state index is 9.38. The molecule has 0 saturated heterocycles. The minimum absolute atomic E-state index is 0. The Morgan fingerprint density at radius 3 is 1.54 bits per heavy atom. The Balaban J connectivity index is 0.000000523. The second kappa shape index (κ2) is 16.3. The Morgan fingerprint density at radius 2 is 1.24 bits per heavy atom. The molecule has 0 amide bonds. The number of hydrogen-bond acceptors (Lipinski definition) is 1. The molecule has 0 aliphatic heterocycles. The summed E-state index contributed by atoms with van der Waals surface area (Å²) in [6.45, 7) is 17.5. The van der Waals surface area contributed by atoms with Crippen LogP contribution in [0.25, 0.3) is 0 Å². The van der Waals surface area contributed by atoms with Crippen molar-refractivity contribution < 1.29 is 49.9 Å². The standard InChI is InChI=1S/C13H10.C10H16OSi.C9H13.2ClH.Ti/c1-3-7-12(8-4-1)11-13-9-5-2-6-10-13;1-8-5-9(11)7-10(6-8)12(2,3)4;1-6-5-7(2)9(4)8(6)3;;;/h1-10H;5-7,11H,1-4H3;6H,1-4H3;2*1H;/q;;-1;;;+1/p-2. The quantitative estimate of drug-likeness (QED) is 0.367. The summed E-state index contributed by atoms with van der Waals surface area (Å²) in [5.41, 5.74) is 7.97. The molecule has 0 heterocycles. The van der Waals surface area contributed by atoms with Crippen LogP contribution in [0.15, 0.2) is 95.6 Å². The fourth-order valence-electron chi connectivity index (χ4n) is 3.73. The molecule has 1 unspecified atom stereocenters. The fourth-order valence-corrected chi connectivity index (χ4v) is 5.50. The van der Waals surface area contributed by atoms with Crippen LogP contribution in [0, 0.1) is 18.9 Å². The molecule has 37 heavy (non-hydrogen) atoms. The molecule has 1 aliphatic carbocycles. The number of allylic oxidation sites excluding steroid dienone is 4. The van der Waals surface area contributed by atoms with Crippen molar-refractivity contribution in [3.05, 3.63) is 118 Å². The van der Waals surface area contributed by atoms with E-state index in [0.717, 1.165) is 5.56 Å². The summed E-state index contributed by atoms with van der Waals surface area (Å²) in [6.07, 6.45) is 3.36. The zero-order valence-corrected chi connectivity index (χ0v) is 27.4. The van der Waals surface area contributed by atoms with Crippen LogP contribution in [0.5, 0.6) is 5.75 Å². The molecular formula is C32H39Cl2OSiTi-2. The van der Waals surface area contributed by atoms with Crippen molar-refractivity contribution in [2.24, 2.45) is 5.92 Å². The van der Waals surface area contributed by atoms with Gasteiger partial charge in [0.05, 0.1) is 8.07 Å². The summed E-state index contributed by atoms with van der Waals surface area (Å²) < 4.78 is 1.33. The minimum atomic E-state index is -1.26. The van der Waals surface area contributed by atoms with Gasteiger partial charge in [0.15, 0.2) is 0 Å². The fraction of sp³-hybridized carbons (Fsp3) is 0.281. The zero-order chi connectivity index (χ0) is 26.2. The molecule has 0 fully saturated rings. The van der Waals surface area contributed by atoms with E-state index in [0.29, 0.717) is 11.7 Å². The van der Waals surface area contributed by atoms with E-state index in [4.69, 9.17) is 0 Å². The molecule has 5 heteroatoms. The number of halogens is 2. The number of phenolic OH excluding ortho intramolecular Hbond substituents is 1. The third kappa shape index (κ3) is 11.3. The van der Waals surface area contributed by atoms with Crippen molar-refractivity contribution in [1.82, 2.24) is 0 Å². The Labute approximate surface area is 249 Å². The Kier molecular flexibility index (Phi) is 15.6. The molecule has 197 valence electrons. The van der Waals surface area contributed by atoms with Crippen LogP contribution >= 0.6 is 0 Å². The summed E-state index contributed by atoms with van der Waals surface area (Å²) >= 11 is 2.16. The topological polar surface area (TPSA) is 20.2 Å². The molecule has 1 aliphatic rings. The van der Waals surface area contributed by atoms with Gasteiger partial charge >= 0.3 is 95.6 Å². The average Bonchev–Trinajstić information content (AvgIpc) is 3.04. The molecule has 3 aromatic rings. The van der Waals surface area contributed by atoms with Gasteiger partial charge in [0, 0.05) is 0 Å². The van der Waals surface area contributed by atoms with Crippen molar-refractivity contribution in [3.8, 4) is 5.75 Å². The van der Waals surface area contributed by atoms with Gasteiger partial charge in [0.1, 0.15) is 5.75 Å². The number of rotatable bonds is 3. The van der Waals surface area contributed by atoms with Crippen molar-refractivity contribution in [1.29, 1.82) is 0 Å². The molecule has 0 saturated carbocycles. The first-order valence-electron chi connectivity index (χ1n) is 12.2. The molecule has 1 atom stereocenters. The van der Waals surface area contributed by atoms with Crippen LogP contribution in [0.2, 0.25) is 19.6 Å². The van der Waals surface area contributed by atoms with E-state index >= 15 is 0 Å². The molecule has 0 aromatic heterocycles. The molecule has 1 N–H and O–H groups in total. The number of aromatic hydroxyl groups is 1. The second-order valence-corrected chi connectivity index (χ2v) is 16.1. The monoisotopic (exact) mass is 585 g/mol. The number of phenols is 1. The Hall–Kier alpha value is -1.68. The molecule has 0 bridgehead atoms. The van der Waals surface area contributed by atoms with Crippen LogP contribution in [0.1, 0.15) is 44.4 Å². The van der Waals surface area contributed by atoms with Crippen LogP contribution in [-0.4, -0.2) is 17.0 Å². The van der Waals surface area contributed by atoms with Gasteiger partial charge in [-0.25, -0.2) is 5.57 Å². The second-order valence-electron chi connectivity index (χ2n) is 10.2. The van der Waals surface area contributed by atoms with Crippen molar-refractivity contribution in [2.45, 2.75) is 54.3 Å². The van der Waals surface area contributed by atoms with Gasteiger partial charge < -0.3 is 29.9 Å². The third-order valence-electron chi connectivity index (χ3n) is 6.29. The maximum absolute atomic E-state index is 9.38. The van der Waals surface area contributed by atoms with Crippen molar-refractivity contribution in [2.75, 3.05) is 0 Å². The van der Waals surface area contributed by atoms with Gasteiger partial charge in [-0.1, -0.05) is 57.6 Å². The van der Waals surface area contributed by atoms with E-state index in [2.05, 4.69) is 128 Å². The summed E-state index contributed by atoms with van der Waals surface area (Å²) in [5, 5.41) is 10.7. The van der Waals surface area contributed by atoms with E-state index < -0.39 is 8.07 Å². The van der Waals surface area contributed by atoms with Gasteiger partial charge in [0.2, 0.25) is 0 Å². The molecule has 4 rings (SSSR count). The van der Waals surface area contributed by atoms with Crippen LogP contribution in [0.3, 0.4) is 0 Å². The first-order chi connectivity index (χ1) is 16.4. The van der Waals surface area contributed by atoms with Crippen LogP contribution in [-0.2, 0) is 20.0 Å². The normalized spacial score (nSPS) is 14.1. The molecule has 1 nitrogen and oxygen atoms in total. The molecule has 0 radical (unpaired) electrons. The number of hydrogen-bond donors (Lipinski definition) is 1. The summed E-state index contributed by atoms with van der Waals surface area (Å²) in [4.78, 5) is 0. The van der Waals surface area contributed by atoms with Crippen molar-refractivity contribution in [3.63, 3.8) is 0 Å². The first-order valence-corrected chi connectivity index (χ1v) is 16.5. The van der Waals surface area contributed by atoms with E-state index in [9.17, 15) is 5.11 Å². The van der Waals surface area contributed by atoms with Crippen molar-refractivity contribution >= 4 is 17.1 Å². The molecule has 0 spiro atoms. The summed E-state index contributed by atoms with van der Waals surface area (Å²) in [6, 6.07) is 26.8. The van der Waals surface area contributed by atoms with Crippen LogP contribution < -0.4 is 30.0 Å². The summed E-state index contributed by atoms with van der Waals surface area (Å²) in [5.74, 6) is 0.956. The molecular weight excluding hydrogens is 547 g/mol. The number of benzene rings is 3. The van der Waals surface area contributed by atoms with Gasteiger partial charge in [-0.05, 0) is 24.6 Å². The van der Waals surface area contributed by atoms with Gasteiger partial charge in [0.25, 0.3) is 0 Å². The Morgan fingerprint density at radius 1 is 0.784 bits per heavy atom. The van der Waals surface area contributed by atoms with E-state index in [1.807, 2.05) is 25.1 Å². The summed E-state index contributed by atoms with van der Waals surface area (Å²) in [7, 11) is -1.26. The average molecular weight is 587 g/mol. The van der Waals surface area contributed by atoms with E-state index in [1.54, 1.807) is 6.07 Å².